The van der Waals surface area contributed by atoms with E-state index < -0.39 is 60.8 Å². The summed E-state index contributed by atoms with van der Waals surface area (Å²) in [6.45, 7) is 0.0128. The molecule has 4 bridgehead atoms. The predicted molar refractivity (Wildman–Crippen MR) is 215 cm³/mol. The number of carboxylic acid groups (broad SMARTS) is 2. The Morgan fingerprint density at radius 1 is 0.712 bits per heavy atom. The van der Waals surface area contributed by atoms with Gasteiger partial charge in [0.25, 0.3) is 11.8 Å². The summed E-state index contributed by atoms with van der Waals surface area (Å²) in [6, 6.07) is 17.7. The minimum absolute atomic E-state index is 0.0425. The van der Waals surface area contributed by atoms with E-state index >= 15 is 0 Å². The van der Waals surface area contributed by atoms with Crippen LogP contribution < -0.4 is 21.3 Å². The number of likely N-dealkylation sites (N-methyl/N-ethyl adjacent to an activating group) is 1. The number of aliphatic hydroxyl groups is 5. The number of aliphatic hydroxyl groups excluding tert-OH is 5. The molecule has 0 unspecified atom stereocenters. The molecule has 0 spiro atoms. The number of rotatable bonds is 17. The van der Waals surface area contributed by atoms with Gasteiger partial charge in [0, 0.05) is 25.2 Å². The molecule has 11 N–H and O–H groups in total. The summed E-state index contributed by atoms with van der Waals surface area (Å²) in [5.74, 6) is -2.11. The number of carbonyl (C=O) groups excluding carboxylic acids is 3. The highest BCUT2D eigenvalue weighted by atomic mass is 16.4. The second kappa shape index (κ2) is 20.2. The number of hydrogen-bond donors (Lipinski definition) is 11. The normalized spacial score (nSPS) is 22.7. The van der Waals surface area contributed by atoms with Gasteiger partial charge in [0.2, 0.25) is 5.91 Å². The Kier molecular flexibility index (Phi) is 15.3. The van der Waals surface area contributed by atoms with Crippen molar-refractivity contribution in [1.29, 1.82) is 0 Å². The van der Waals surface area contributed by atoms with Crippen molar-refractivity contribution in [1.82, 2.24) is 16.0 Å². The van der Waals surface area contributed by atoms with Crippen LogP contribution in [0.3, 0.4) is 0 Å². The van der Waals surface area contributed by atoms with Crippen molar-refractivity contribution < 1.29 is 59.7 Å². The molecule has 16 nitrogen and oxygen atoms in total. The lowest BCUT2D eigenvalue weighted by atomic mass is 9.49. The average Bonchev–Trinajstić information content (AvgIpc) is 3.21. The molecule has 0 aliphatic heterocycles. The van der Waals surface area contributed by atoms with E-state index in [4.69, 9.17) is 20.4 Å². The second-order valence-electron chi connectivity index (χ2n) is 16.1. The molecule has 4 saturated carbocycles. The quantitative estimate of drug-likeness (QED) is 0.0926. The van der Waals surface area contributed by atoms with Crippen LogP contribution in [0.4, 0.5) is 5.69 Å². The first-order valence-electron chi connectivity index (χ1n) is 19.7. The average molecular weight is 819 g/mol. The van der Waals surface area contributed by atoms with Crippen LogP contribution in [0.5, 0.6) is 0 Å². The molecule has 59 heavy (non-hydrogen) atoms. The minimum atomic E-state index is -1.55. The highest BCUT2D eigenvalue weighted by Crippen LogP contribution is 2.59. The van der Waals surface area contributed by atoms with Gasteiger partial charge in [-0.2, -0.15) is 0 Å². The zero-order valence-corrected chi connectivity index (χ0v) is 32.8. The van der Waals surface area contributed by atoms with Crippen LogP contribution in [-0.4, -0.2) is 123 Å². The molecule has 0 aromatic heterocycles. The van der Waals surface area contributed by atoms with Gasteiger partial charge in [-0.1, -0.05) is 42.5 Å². The van der Waals surface area contributed by atoms with E-state index in [-0.39, 0.29) is 52.2 Å². The fraction of sp³-hybridized carbons (Fsp3) is 0.465. The molecular weight excluding hydrogens is 764 g/mol. The summed E-state index contributed by atoms with van der Waals surface area (Å²) in [5, 5.41) is 74.8. The Labute approximate surface area is 341 Å². The molecule has 0 heterocycles. The van der Waals surface area contributed by atoms with Crippen LogP contribution in [0.25, 0.3) is 0 Å². The van der Waals surface area contributed by atoms with Gasteiger partial charge in [-0.05, 0) is 105 Å². The highest BCUT2D eigenvalue weighted by Gasteiger charge is 2.50. The summed E-state index contributed by atoms with van der Waals surface area (Å²) in [4.78, 5) is 64.0. The second-order valence-corrected chi connectivity index (χ2v) is 16.1. The predicted octanol–water partition coefficient (Wildman–Crippen LogP) is 1.65. The summed E-state index contributed by atoms with van der Waals surface area (Å²) in [7, 11) is 1.57. The molecule has 3 amide bonds. The maximum Gasteiger partial charge on any atom is 0.335 e. The zero-order valence-electron chi connectivity index (χ0n) is 32.8. The first-order chi connectivity index (χ1) is 28.1. The van der Waals surface area contributed by atoms with E-state index in [0.29, 0.717) is 6.54 Å². The maximum atomic E-state index is 13.7. The number of hydrogen-bond acceptors (Lipinski definition) is 11. The minimum Gasteiger partial charge on any atom is -0.478 e. The monoisotopic (exact) mass is 818 g/mol. The van der Waals surface area contributed by atoms with Gasteiger partial charge in [-0.3, -0.25) is 14.4 Å². The third-order valence-electron chi connectivity index (χ3n) is 11.5. The maximum absolute atomic E-state index is 13.7. The number of anilines is 1. The lowest BCUT2D eigenvalue weighted by Gasteiger charge is -2.56. The summed E-state index contributed by atoms with van der Waals surface area (Å²) < 4.78 is 0. The molecular formula is C43H54N4O12. The molecule has 7 rings (SSSR count). The fourth-order valence-corrected chi connectivity index (χ4v) is 9.11. The lowest BCUT2D eigenvalue weighted by molar-refractivity contribution is -0.118. The molecule has 4 aliphatic rings. The van der Waals surface area contributed by atoms with Crippen LogP contribution in [-0.2, 0) is 11.2 Å². The number of carboxylic acids is 2. The third kappa shape index (κ3) is 11.7. The van der Waals surface area contributed by atoms with Crippen LogP contribution in [0, 0.1) is 23.2 Å². The molecule has 0 saturated heterocycles. The van der Waals surface area contributed by atoms with E-state index in [1.165, 1.54) is 19.3 Å². The van der Waals surface area contributed by atoms with Crippen LogP contribution in [0.1, 0.15) is 85.5 Å². The Balaban J connectivity index is 0.000000439. The van der Waals surface area contributed by atoms with Gasteiger partial charge in [-0.25, -0.2) is 9.59 Å². The number of aromatic carboxylic acids is 2. The van der Waals surface area contributed by atoms with Crippen LogP contribution in [0.15, 0.2) is 72.8 Å². The standard InChI is InChI=1S/C36H37N3O7.C7H17NO5/c40-31(37-20-36-17-22-10-23(18-36)12-24(11-22)19-36)28-8-4-5-9-29(28)32(41)39-30(13-21-6-2-1-3-7-21)33(42)38-27-15-25(34(43)44)14-26(16-27)35(45)46;1-8-2-4(10)6(12)7(13)5(11)3-9/h1-9,14-16,22-24,30H,10-13,17-20H2,(H,37,40)(H,38,42)(H,39,41)(H,43,44)(H,45,46);4-13H,2-3H2,1H3/t22?,23?,24?,30-,36?;4-,5+,6+,7+/m00/s1. The number of amides is 3. The van der Waals surface area contributed by atoms with Crippen molar-refractivity contribution in [2.45, 2.75) is 75.4 Å². The first-order valence-corrected chi connectivity index (χ1v) is 19.7. The van der Waals surface area contributed by atoms with Gasteiger partial charge in [0.1, 0.15) is 24.4 Å². The van der Waals surface area contributed by atoms with Gasteiger partial charge in [-0.15, -0.1) is 0 Å². The van der Waals surface area contributed by atoms with Crippen molar-refractivity contribution in [3.63, 3.8) is 0 Å². The van der Waals surface area contributed by atoms with Gasteiger partial charge < -0.3 is 57.0 Å². The Hall–Kier alpha value is -5.23. The fourth-order valence-electron chi connectivity index (χ4n) is 9.11. The summed E-state index contributed by atoms with van der Waals surface area (Å²) >= 11 is 0. The zero-order chi connectivity index (χ0) is 42.9. The lowest BCUT2D eigenvalue weighted by Crippen LogP contribution is -2.51. The van der Waals surface area contributed by atoms with Gasteiger partial charge >= 0.3 is 11.9 Å². The number of benzene rings is 3. The van der Waals surface area contributed by atoms with E-state index in [2.05, 4.69) is 21.3 Å². The van der Waals surface area contributed by atoms with Crippen molar-refractivity contribution in [2.75, 3.05) is 32.1 Å². The largest absolute Gasteiger partial charge is 0.478 e. The molecule has 4 fully saturated rings. The van der Waals surface area contributed by atoms with Crippen LogP contribution >= 0.6 is 0 Å². The SMILES string of the molecule is CNC[C@H](O)[C@@H](O)[C@H](O)[C@H](O)CO.O=C(O)c1cc(NC(=O)[C@H](Cc2ccccc2)NC(=O)c2ccccc2C(=O)NCC23CC4CC(CC(C4)C2)C3)cc(C(=O)O)c1. The van der Waals surface area contributed by atoms with Gasteiger partial charge in [0.05, 0.1) is 35.0 Å². The van der Waals surface area contributed by atoms with Crippen molar-refractivity contribution >= 4 is 35.3 Å². The van der Waals surface area contributed by atoms with E-state index in [0.717, 1.165) is 60.8 Å². The van der Waals surface area contributed by atoms with Crippen molar-refractivity contribution in [3.05, 3.63) is 101 Å². The summed E-state index contributed by atoms with van der Waals surface area (Å²) in [6.07, 6.45) is 1.77. The Morgan fingerprint density at radius 2 is 1.22 bits per heavy atom. The third-order valence-corrected chi connectivity index (χ3v) is 11.5. The van der Waals surface area contributed by atoms with Crippen LogP contribution in [0.2, 0.25) is 0 Å². The molecule has 3 aromatic carbocycles. The highest BCUT2D eigenvalue weighted by molar-refractivity contribution is 6.09. The van der Waals surface area contributed by atoms with Crippen molar-refractivity contribution in [3.8, 4) is 0 Å². The Bertz CT molecular complexity index is 1890. The molecule has 0 radical (unpaired) electrons. The topological polar surface area (TPSA) is 275 Å². The molecule has 4 aliphatic carbocycles. The smallest absolute Gasteiger partial charge is 0.335 e. The number of nitrogens with one attached hydrogen (secondary N) is 4. The first kappa shape index (κ1) is 44.9. The van der Waals surface area contributed by atoms with E-state index in [1.54, 1.807) is 55.6 Å². The summed E-state index contributed by atoms with van der Waals surface area (Å²) in [5.41, 5.74) is 0.536. The molecule has 3 aromatic rings. The van der Waals surface area contributed by atoms with Gasteiger partial charge in [0.15, 0.2) is 0 Å². The van der Waals surface area contributed by atoms with E-state index in [9.17, 15) is 39.3 Å². The van der Waals surface area contributed by atoms with E-state index in [1.807, 2.05) is 6.07 Å². The molecule has 318 valence electrons. The number of carbonyl (C=O) groups is 5. The Morgan fingerprint density at radius 3 is 1.73 bits per heavy atom. The molecule has 5 atom stereocenters. The van der Waals surface area contributed by atoms with Crippen molar-refractivity contribution in [2.24, 2.45) is 23.2 Å². The molecule has 16 heteroatoms.